The van der Waals surface area contributed by atoms with Gasteiger partial charge in [-0.3, -0.25) is 9.59 Å². The minimum Gasteiger partial charge on any atom is -0.455 e. The second-order valence-corrected chi connectivity index (χ2v) is 8.36. The maximum atomic E-state index is 12.6. The normalized spacial score (nSPS) is 15.2. The van der Waals surface area contributed by atoms with E-state index in [0.29, 0.717) is 0 Å². The SMILES string of the molecule is O=C(Cc1ccccc1)OCC(=O)N1CCN(S(=O)(=O)c2ccccc2)CC1. The topological polar surface area (TPSA) is 84.0 Å². The van der Waals surface area contributed by atoms with Crippen molar-refractivity contribution in [3.8, 4) is 0 Å². The predicted molar refractivity (Wildman–Crippen MR) is 103 cm³/mol. The third-order valence-corrected chi connectivity index (χ3v) is 6.43. The van der Waals surface area contributed by atoms with E-state index >= 15 is 0 Å². The Morgan fingerprint density at radius 2 is 1.43 bits per heavy atom. The summed E-state index contributed by atoms with van der Waals surface area (Å²) in [5.74, 6) is -0.789. The van der Waals surface area contributed by atoms with E-state index in [0.717, 1.165) is 5.56 Å². The molecule has 2 aromatic rings. The molecule has 8 heteroatoms. The standard InChI is InChI=1S/C20H22N2O5S/c23-19(16-27-20(24)15-17-7-3-1-4-8-17)21-11-13-22(14-12-21)28(25,26)18-9-5-2-6-10-18/h1-10H,11-16H2. The first-order valence-corrected chi connectivity index (χ1v) is 10.4. The lowest BCUT2D eigenvalue weighted by Crippen LogP contribution is -2.51. The highest BCUT2D eigenvalue weighted by Gasteiger charge is 2.30. The molecule has 148 valence electrons. The predicted octanol–water partition coefficient (Wildman–Crippen LogP) is 1.31. The summed E-state index contributed by atoms with van der Waals surface area (Å²) in [4.78, 5) is 25.9. The average molecular weight is 402 g/mol. The van der Waals surface area contributed by atoms with Gasteiger partial charge in [-0.1, -0.05) is 48.5 Å². The van der Waals surface area contributed by atoms with Crippen LogP contribution in [-0.2, 0) is 30.8 Å². The van der Waals surface area contributed by atoms with Crippen LogP contribution in [0.4, 0.5) is 0 Å². The Kier molecular flexibility index (Phi) is 6.43. The maximum absolute atomic E-state index is 12.6. The van der Waals surface area contributed by atoms with Crippen LogP contribution in [-0.4, -0.2) is 62.3 Å². The van der Waals surface area contributed by atoms with Gasteiger partial charge in [0, 0.05) is 26.2 Å². The van der Waals surface area contributed by atoms with Crippen LogP contribution in [0.2, 0.25) is 0 Å². The minimum atomic E-state index is -3.56. The molecule has 0 aliphatic carbocycles. The van der Waals surface area contributed by atoms with E-state index in [4.69, 9.17) is 4.74 Å². The van der Waals surface area contributed by atoms with Crippen molar-refractivity contribution in [2.75, 3.05) is 32.8 Å². The first-order chi connectivity index (χ1) is 13.5. The van der Waals surface area contributed by atoms with Crippen molar-refractivity contribution < 1.29 is 22.7 Å². The summed E-state index contributed by atoms with van der Waals surface area (Å²) in [5, 5.41) is 0. The molecule has 1 amide bonds. The number of piperazine rings is 1. The molecule has 1 aliphatic rings. The number of hydrogen-bond acceptors (Lipinski definition) is 5. The van der Waals surface area contributed by atoms with Gasteiger partial charge in [-0.2, -0.15) is 4.31 Å². The zero-order valence-electron chi connectivity index (χ0n) is 15.4. The van der Waals surface area contributed by atoms with E-state index in [1.807, 2.05) is 30.3 Å². The van der Waals surface area contributed by atoms with Crippen LogP contribution in [0.25, 0.3) is 0 Å². The van der Waals surface area contributed by atoms with E-state index in [2.05, 4.69) is 0 Å². The van der Waals surface area contributed by atoms with Gasteiger partial charge in [0.15, 0.2) is 6.61 Å². The highest BCUT2D eigenvalue weighted by molar-refractivity contribution is 7.89. The molecule has 0 N–H and O–H groups in total. The number of amides is 1. The summed E-state index contributed by atoms with van der Waals surface area (Å²) >= 11 is 0. The third-order valence-electron chi connectivity index (χ3n) is 4.52. The zero-order chi connectivity index (χ0) is 20.0. The molecule has 0 radical (unpaired) electrons. The summed E-state index contributed by atoms with van der Waals surface area (Å²) in [6, 6.07) is 17.4. The Hall–Kier alpha value is -2.71. The number of nitrogens with zero attached hydrogens (tertiary/aromatic N) is 2. The average Bonchev–Trinajstić information content (AvgIpc) is 2.73. The van der Waals surface area contributed by atoms with Gasteiger partial charge < -0.3 is 9.64 Å². The number of benzene rings is 2. The molecule has 0 bridgehead atoms. The van der Waals surface area contributed by atoms with Crippen LogP contribution < -0.4 is 0 Å². The number of carbonyl (C=O) groups is 2. The van der Waals surface area contributed by atoms with Crippen molar-refractivity contribution >= 4 is 21.9 Å². The molecule has 0 aromatic heterocycles. The van der Waals surface area contributed by atoms with Crippen LogP contribution in [0.3, 0.4) is 0 Å². The number of carbonyl (C=O) groups excluding carboxylic acids is 2. The van der Waals surface area contributed by atoms with Gasteiger partial charge in [-0.05, 0) is 17.7 Å². The molecular formula is C20H22N2O5S. The summed E-state index contributed by atoms with van der Waals surface area (Å²) in [5.41, 5.74) is 0.819. The largest absolute Gasteiger partial charge is 0.455 e. The molecule has 2 aromatic carbocycles. The van der Waals surface area contributed by atoms with Gasteiger partial charge >= 0.3 is 5.97 Å². The Morgan fingerprint density at radius 3 is 2.04 bits per heavy atom. The van der Waals surface area contributed by atoms with Crippen molar-refractivity contribution in [1.29, 1.82) is 0 Å². The van der Waals surface area contributed by atoms with E-state index in [1.54, 1.807) is 30.3 Å². The van der Waals surface area contributed by atoms with Gasteiger partial charge in [0.1, 0.15) is 0 Å². The van der Waals surface area contributed by atoms with E-state index in [1.165, 1.54) is 9.21 Å². The van der Waals surface area contributed by atoms with Crippen LogP contribution >= 0.6 is 0 Å². The van der Waals surface area contributed by atoms with E-state index in [-0.39, 0.29) is 50.0 Å². The number of rotatable bonds is 6. The van der Waals surface area contributed by atoms with Crippen molar-refractivity contribution in [3.63, 3.8) is 0 Å². The number of hydrogen-bond donors (Lipinski definition) is 0. The molecule has 28 heavy (non-hydrogen) atoms. The molecule has 1 saturated heterocycles. The van der Waals surface area contributed by atoms with Gasteiger partial charge in [-0.15, -0.1) is 0 Å². The number of ether oxygens (including phenoxy) is 1. The molecule has 7 nitrogen and oxygen atoms in total. The summed E-state index contributed by atoms with van der Waals surface area (Å²) in [6.07, 6.45) is 0.108. The Labute approximate surface area is 164 Å². The van der Waals surface area contributed by atoms with Crippen molar-refractivity contribution in [1.82, 2.24) is 9.21 Å². The van der Waals surface area contributed by atoms with Gasteiger partial charge in [-0.25, -0.2) is 8.42 Å². The smallest absolute Gasteiger partial charge is 0.310 e. The summed E-state index contributed by atoms with van der Waals surface area (Å²) in [7, 11) is -3.56. The molecule has 0 unspecified atom stereocenters. The highest BCUT2D eigenvalue weighted by Crippen LogP contribution is 2.17. The Morgan fingerprint density at radius 1 is 0.857 bits per heavy atom. The maximum Gasteiger partial charge on any atom is 0.310 e. The van der Waals surface area contributed by atoms with Crippen LogP contribution in [0.1, 0.15) is 5.56 Å². The fourth-order valence-corrected chi connectivity index (χ4v) is 4.41. The second kappa shape index (κ2) is 8.99. The van der Waals surface area contributed by atoms with Crippen LogP contribution in [0.5, 0.6) is 0 Å². The summed E-state index contributed by atoms with van der Waals surface area (Å²) < 4.78 is 31.6. The van der Waals surface area contributed by atoms with Gasteiger partial charge in [0.05, 0.1) is 11.3 Å². The first-order valence-electron chi connectivity index (χ1n) is 8.99. The fraction of sp³-hybridized carbons (Fsp3) is 0.300. The summed E-state index contributed by atoms with van der Waals surface area (Å²) in [6.45, 7) is 0.612. The minimum absolute atomic E-state index is 0.108. The van der Waals surface area contributed by atoms with Crippen LogP contribution in [0, 0.1) is 0 Å². The molecule has 1 aliphatic heterocycles. The highest BCUT2D eigenvalue weighted by atomic mass is 32.2. The zero-order valence-corrected chi connectivity index (χ0v) is 16.2. The van der Waals surface area contributed by atoms with Crippen molar-refractivity contribution in [2.45, 2.75) is 11.3 Å². The van der Waals surface area contributed by atoms with E-state index < -0.39 is 16.0 Å². The lowest BCUT2D eigenvalue weighted by molar-refractivity contribution is -0.152. The Bertz CT molecular complexity index is 908. The second-order valence-electron chi connectivity index (χ2n) is 6.42. The quantitative estimate of drug-likeness (QED) is 0.680. The molecule has 1 heterocycles. The fourth-order valence-electron chi connectivity index (χ4n) is 2.97. The monoisotopic (exact) mass is 402 g/mol. The van der Waals surface area contributed by atoms with Crippen molar-refractivity contribution in [3.05, 3.63) is 66.2 Å². The van der Waals surface area contributed by atoms with Crippen LogP contribution in [0.15, 0.2) is 65.6 Å². The lowest BCUT2D eigenvalue weighted by atomic mass is 10.2. The molecule has 0 saturated carbocycles. The third kappa shape index (κ3) is 4.96. The first kappa shape index (κ1) is 20.0. The van der Waals surface area contributed by atoms with Crippen molar-refractivity contribution in [2.24, 2.45) is 0 Å². The molecular weight excluding hydrogens is 380 g/mol. The number of esters is 1. The number of sulfonamides is 1. The molecule has 1 fully saturated rings. The Balaban J connectivity index is 1.47. The lowest BCUT2D eigenvalue weighted by Gasteiger charge is -2.33. The van der Waals surface area contributed by atoms with E-state index in [9.17, 15) is 18.0 Å². The molecule has 0 atom stereocenters. The van der Waals surface area contributed by atoms with Gasteiger partial charge in [0.2, 0.25) is 10.0 Å². The molecule has 3 rings (SSSR count). The molecule has 0 spiro atoms. The van der Waals surface area contributed by atoms with Gasteiger partial charge in [0.25, 0.3) is 5.91 Å².